The zero-order chi connectivity index (χ0) is 10.8. The molecule has 2 nitrogen and oxygen atoms in total. The number of benzene rings is 1. The predicted octanol–water partition coefficient (Wildman–Crippen LogP) is 3.38. The van der Waals surface area contributed by atoms with Crippen LogP contribution in [0.15, 0.2) is 23.2 Å². The third-order valence-corrected chi connectivity index (χ3v) is 3.27. The summed E-state index contributed by atoms with van der Waals surface area (Å²) in [5, 5.41) is 4.59. The van der Waals surface area contributed by atoms with E-state index in [9.17, 15) is 4.39 Å². The first-order valence-corrected chi connectivity index (χ1v) is 5.84. The average molecular weight is 245 g/mol. The zero-order valence-corrected chi connectivity index (χ0v) is 9.70. The molecule has 1 N–H and O–H groups in total. The van der Waals surface area contributed by atoms with Crippen LogP contribution in [-0.2, 0) is 0 Å². The highest BCUT2D eigenvalue weighted by molar-refractivity contribution is 8.15. The zero-order valence-electron chi connectivity index (χ0n) is 8.13. The van der Waals surface area contributed by atoms with Crippen LogP contribution in [0.3, 0.4) is 0 Å². The van der Waals surface area contributed by atoms with Gasteiger partial charge < -0.3 is 5.32 Å². The molecule has 0 bridgehead atoms. The van der Waals surface area contributed by atoms with Gasteiger partial charge in [0.1, 0.15) is 5.82 Å². The fourth-order valence-corrected chi connectivity index (χ4v) is 2.28. The van der Waals surface area contributed by atoms with E-state index < -0.39 is 5.82 Å². The Morgan fingerprint density at radius 2 is 2.40 bits per heavy atom. The molecular formula is C10H10ClFN2S. The molecule has 0 unspecified atom stereocenters. The highest BCUT2D eigenvalue weighted by Gasteiger charge is 2.14. The van der Waals surface area contributed by atoms with Crippen molar-refractivity contribution in [1.82, 2.24) is 0 Å². The Morgan fingerprint density at radius 1 is 1.60 bits per heavy atom. The van der Waals surface area contributed by atoms with Gasteiger partial charge in [-0.1, -0.05) is 30.3 Å². The summed E-state index contributed by atoms with van der Waals surface area (Å²) in [7, 11) is 0. The summed E-state index contributed by atoms with van der Waals surface area (Å²) >= 11 is 7.34. The lowest BCUT2D eigenvalue weighted by Crippen LogP contribution is -2.05. The van der Waals surface area contributed by atoms with Crippen LogP contribution in [0.4, 0.5) is 10.1 Å². The Labute approximate surface area is 96.9 Å². The van der Waals surface area contributed by atoms with Crippen molar-refractivity contribution in [2.75, 3.05) is 11.9 Å². The summed E-state index contributed by atoms with van der Waals surface area (Å²) in [5.41, 5.74) is 0.766. The summed E-state index contributed by atoms with van der Waals surface area (Å²) in [6.07, 6.45) is 0. The number of rotatable bonds is 1. The Morgan fingerprint density at radius 3 is 3.00 bits per heavy atom. The standard InChI is InChI=1S/C10H10ClFN2S/c1-6-5-13-10(15-6)14-7-2-3-9(12)8(11)4-7/h2-4,6H,5H2,1H3,(H,13,14)/t6-/m0/s1. The van der Waals surface area contributed by atoms with Crippen LogP contribution in [0.1, 0.15) is 6.92 Å². The molecule has 0 amide bonds. The third kappa shape index (κ3) is 2.63. The van der Waals surface area contributed by atoms with E-state index in [1.807, 2.05) is 0 Å². The first-order valence-electron chi connectivity index (χ1n) is 4.58. The lowest BCUT2D eigenvalue weighted by Gasteiger charge is -2.06. The average Bonchev–Trinajstić information content (AvgIpc) is 2.58. The molecule has 1 heterocycles. The minimum Gasteiger partial charge on any atom is -0.335 e. The van der Waals surface area contributed by atoms with Gasteiger partial charge in [0.25, 0.3) is 0 Å². The second-order valence-corrected chi connectivity index (χ2v) is 5.16. The van der Waals surface area contributed by atoms with E-state index in [0.29, 0.717) is 5.25 Å². The van der Waals surface area contributed by atoms with Gasteiger partial charge in [-0.2, -0.15) is 0 Å². The first-order chi connectivity index (χ1) is 7.15. The first kappa shape index (κ1) is 10.8. The van der Waals surface area contributed by atoms with E-state index in [4.69, 9.17) is 11.6 Å². The highest BCUT2D eigenvalue weighted by atomic mass is 35.5. The Balaban J connectivity index is 2.08. The second kappa shape index (κ2) is 4.41. The third-order valence-electron chi connectivity index (χ3n) is 1.98. The number of hydrogen-bond acceptors (Lipinski definition) is 3. The molecule has 15 heavy (non-hydrogen) atoms. The van der Waals surface area contributed by atoms with E-state index in [1.165, 1.54) is 6.07 Å². The molecule has 1 aromatic carbocycles. The van der Waals surface area contributed by atoms with E-state index in [2.05, 4.69) is 17.2 Å². The molecule has 0 radical (unpaired) electrons. The van der Waals surface area contributed by atoms with Crippen LogP contribution in [0.25, 0.3) is 0 Å². The SMILES string of the molecule is C[C@H]1CN=C(Nc2ccc(F)c(Cl)c2)S1. The van der Waals surface area contributed by atoms with Crippen LogP contribution in [0, 0.1) is 5.82 Å². The number of nitrogens with one attached hydrogen (secondary N) is 1. The molecular weight excluding hydrogens is 235 g/mol. The van der Waals surface area contributed by atoms with Crippen molar-refractivity contribution in [3.8, 4) is 0 Å². The topological polar surface area (TPSA) is 24.4 Å². The minimum absolute atomic E-state index is 0.122. The monoisotopic (exact) mass is 244 g/mol. The van der Waals surface area contributed by atoms with Crippen molar-refractivity contribution >= 4 is 34.2 Å². The summed E-state index contributed by atoms with van der Waals surface area (Å²) in [6, 6.07) is 4.55. The molecule has 1 aliphatic rings. The van der Waals surface area contributed by atoms with E-state index in [0.717, 1.165) is 17.4 Å². The Hall–Kier alpha value is -0.740. The molecule has 2 rings (SSSR count). The maximum absolute atomic E-state index is 12.9. The minimum atomic E-state index is -0.406. The van der Waals surface area contributed by atoms with Crippen LogP contribution >= 0.6 is 23.4 Å². The summed E-state index contributed by atoms with van der Waals surface area (Å²) in [4.78, 5) is 4.30. The largest absolute Gasteiger partial charge is 0.335 e. The normalized spacial score (nSPS) is 20.2. The van der Waals surface area contributed by atoms with E-state index in [1.54, 1.807) is 23.9 Å². The van der Waals surface area contributed by atoms with Gasteiger partial charge in [0.05, 0.1) is 11.6 Å². The molecule has 1 atom stereocenters. The van der Waals surface area contributed by atoms with Crippen LogP contribution in [0.5, 0.6) is 0 Å². The number of hydrogen-bond donors (Lipinski definition) is 1. The molecule has 0 aromatic heterocycles. The van der Waals surface area contributed by atoms with Gasteiger partial charge in [0.2, 0.25) is 0 Å². The van der Waals surface area contributed by atoms with E-state index in [-0.39, 0.29) is 5.02 Å². The molecule has 1 aromatic rings. The molecule has 0 aliphatic carbocycles. The quantitative estimate of drug-likeness (QED) is 0.819. The smallest absolute Gasteiger partial charge is 0.161 e. The van der Waals surface area contributed by atoms with Gasteiger partial charge in [-0.25, -0.2) is 4.39 Å². The van der Waals surface area contributed by atoms with Crippen molar-refractivity contribution in [2.45, 2.75) is 12.2 Å². The predicted molar refractivity (Wildman–Crippen MR) is 64.4 cm³/mol. The van der Waals surface area contributed by atoms with Crippen LogP contribution in [-0.4, -0.2) is 17.0 Å². The molecule has 80 valence electrons. The van der Waals surface area contributed by atoms with Crippen molar-refractivity contribution in [3.05, 3.63) is 29.0 Å². The van der Waals surface area contributed by atoms with Crippen molar-refractivity contribution in [3.63, 3.8) is 0 Å². The summed E-state index contributed by atoms with van der Waals surface area (Å²) in [5.74, 6) is -0.406. The Bertz CT molecular complexity index is 408. The van der Waals surface area contributed by atoms with Gasteiger partial charge in [0.15, 0.2) is 5.17 Å². The number of aliphatic imine (C=N–C) groups is 1. The Kier molecular flexibility index (Phi) is 3.17. The van der Waals surface area contributed by atoms with Gasteiger partial charge in [-0.05, 0) is 18.2 Å². The van der Waals surface area contributed by atoms with Crippen molar-refractivity contribution in [2.24, 2.45) is 4.99 Å². The van der Waals surface area contributed by atoms with Gasteiger partial charge in [-0.3, -0.25) is 4.99 Å². The lowest BCUT2D eigenvalue weighted by molar-refractivity contribution is 0.628. The van der Waals surface area contributed by atoms with Gasteiger partial charge in [-0.15, -0.1) is 0 Å². The number of nitrogens with zero attached hydrogens (tertiary/aromatic N) is 1. The number of thioether (sulfide) groups is 1. The van der Waals surface area contributed by atoms with Crippen molar-refractivity contribution in [1.29, 1.82) is 0 Å². The molecule has 0 saturated heterocycles. The fraction of sp³-hybridized carbons (Fsp3) is 0.300. The molecule has 0 saturated carbocycles. The van der Waals surface area contributed by atoms with Gasteiger partial charge in [0, 0.05) is 10.9 Å². The maximum atomic E-state index is 12.9. The molecule has 1 aliphatic heterocycles. The van der Waals surface area contributed by atoms with Crippen LogP contribution < -0.4 is 5.32 Å². The molecule has 5 heteroatoms. The lowest BCUT2D eigenvalue weighted by atomic mass is 10.3. The highest BCUT2D eigenvalue weighted by Crippen LogP contribution is 2.24. The van der Waals surface area contributed by atoms with Gasteiger partial charge >= 0.3 is 0 Å². The fourth-order valence-electron chi connectivity index (χ4n) is 1.24. The second-order valence-electron chi connectivity index (χ2n) is 3.33. The summed E-state index contributed by atoms with van der Waals surface area (Å²) < 4.78 is 12.9. The van der Waals surface area contributed by atoms with E-state index >= 15 is 0 Å². The number of amidine groups is 1. The maximum Gasteiger partial charge on any atom is 0.161 e. The summed E-state index contributed by atoms with van der Waals surface area (Å²) in [6.45, 7) is 2.93. The molecule has 0 fully saturated rings. The van der Waals surface area contributed by atoms with Crippen LogP contribution in [0.2, 0.25) is 5.02 Å². The molecule has 0 spiro atoms. The number of anilines is 1. The number of halogens is 2. The van der Waals surface area contributed by atoms with Crippen molar-refractivity contribution < 1.29 is 4.39 Å².